The highest BCUT2D eigenvalue weighted by Crippen LogP contribution is 2.45. The van der Waals surface area contributed by atoms with Gasteiger partial charge in [0.15, 0.2) is 11.6 Å². The predicted molar refractivity (Wildman–Crippen MR) is 141 cm³/mol. The minimum absolute atomic E-state index is 0.000634. The van der Waals surface area contributed by atoms with Crippen molar-refractivity contribution in [1.29, 1.82) is 0 Å². The van der Waals surface area contributed by atoms with Gasteiger partial charge in [-0.1, -0.05) is 104 Å². The van der Waals surface area contributed by atoms with Gasteiger partial charge in [0.25, 0.3) is 0 Å². The second-order valence-corrected chi connectivity index (χ2v) is 12.0. The van der Waals surface area contributed by atoms with E-state index < -0.39 is 0 Å². The first kappa shape index (κ1) is 25.7. The molecule has 0 fully saturated rings. The average molecular weight is 465 g/mol. The average Bonchev–Trinajstić information content (AvgIpc) is 2.80. The number of hydrogen-bond donors (Lipinski definition) is 0. The summed E-state index contributed by atoms with van der Waals surface area (Å²) in [7, 11) is 0. The maximum Gasteiger partial charge on any atom is 0.195 e. The van der Waals surface area contributed by atoms with Crippen LogP contribution in [0.15, 0.2) is 41.3 Å². The summed E-state index contributed by atoms with van der Waals surface area (Å²) in [6, 6.07) is 11.6. The standard InChI is InChI=1S/C30H40O2S/c1-7-10-11-12-20-30(6,19-8-2)33-24-18-14-16-22-26(24)28(32)21-15-13-17-23(25(21)27(22)31)29(4,5)9-3/h13-18H,7-12,19-20H2,1-6H3. The van der Waals surface area contributed by atoms with Crippen LogP contribution in [0.25, 0.3) is 0 Å². The van der Waals surface area contributed by atoms with Crippen LogP contribution in [0.4, 0.5) is 0 Å². The summed E-state index contributed by atoms with van der Waals surface area (Å²) in [5, 5.41) is 0. The Labute approximate surface area is 204 Å². The fraction of sp³-hybridized carbons (Fsp3) is 0.533. The van der Waals surface area contributed by atoms with Crippen LogP contribution in [-0.2, 0) is 5.41 Å². The smallest absolute Gasteiger partial charge is 0.195 e. The highest BCUT2D eigenvalue weighted by Gasteiger charge is 2.37. The lowest BCUT2D eigenvalue weighted by atomic mass is 9.73. The summed E-state index contributed by atoms with van der Waals surface area (Å²) >= 11 is 1.81. The van der Waals surface area contributed by atoms with Crippen molar-refractivity contribution >= 4 is 23.3 Å². The first-order valence-electron chi connectivity index (χ1n) is 12.7. The van der Waals surface area contributed by atoms with Crippen molar-refractivity contribution < 1.29 is 9.59 Å². The molecule has 0 spiro atoms. The fourth-order valence-corrected chi connectivity index (χ4v) is 6.53. The molecule has 33 heavy (non-hydrogen) atoms. The number of carbonyl (C=O) groups is 2. The van der Waals surface area contributed by atoms with Crippen LogP contribution in [0.5, 0.6) is 0 Å². The van der Waals surface area contributed by atoms with Crippen molar-refractivity contribution in [2.75, 3.05) is 0 Å². The molecule has 0 amide bonds. The van der Waals surface area contributed by atoms with E-state index in [4.69, 9.17) is 0 Å². The van der Waals surface area contributed by atoms with E-state index in [9.17, 15) is 9.59 Å². The van der Waals surface area contributed by atoms with E-state index in [1.54, 1.807) is 0 Å². The van der Waals surface area contributed by atoms with Gasteiger partial charge in [-0.15, -0.1) is 11.8 Å². The number of ketones is 2. The van der Waals surface area contributed by atoms with Gasteiger partial charge in [0.05, 0.1) is 0 Å². The maximum atomic E-state index is 13.8. The zero-order valence-electron chi connectivity index (χ0n) is 21.3. The molecular formula is C30H40O2S. The third-order valence-electron chi connectivity index (χ3n) is 7.34. The fourth-order valence-electron chi connectivity index (χ4n) is 5.00. The largest absolute Gasteiger partial charge is 0.289 e. The Morgan fingerprint density at radius 2 is 1.36 bits per heavy atom. The molecule has 0 radical (unpaired) electrons. The summed E-state index contributed by atoms with van der Waals surface area (Å²) in [5.74, 6) is 0.000555. The van der Waals surface area contributed by atoms with Gasteiger partial charge in [0, 0.05) is 31.9 Å². The van der Waals surface area contributed by atoms with Crippen molar-refractivity contribution in [3.63, 3.8) is 0 Å². The number of carbonyl (C=O) groups excluding carboxylic acids is 2. The van der Waals surface area contributed by atoms with Crippen LogP contribution >= 0.6 is 11.8 Å². The summed E-state index contributed by atoms with van der Waals surface area (Å²) < 4.78 is 0.0628. The number of unbranched alkanes of at least 4 members (excludes halogenated alkanes) is 3. The summed E-state index contributed by atoms with van der Waals surface area (Å²) in [6.45, 7) is 13.2. The molecule has 0 N–H and O–H groups in total. The first-order valence-corrected chi connectivity index (χ1v) is 13.6. The van der Waals surface area contributed by atoms with E-state index in [0.29, 0.717) is 22.3 Å². The van der Waals surface area contributed by atoms with Crippen molar-refractivity contribution in [3.05, 3.63) is 64.2 Å². The van der Waals surface area contributed by atoms with Crippen LogP contribution in [-0.4, -0.2) is 16.3 Å². The lowest BCUT2D eigenvalue weighted by Gasteiger charge is -2.32. The number of benzene rings is 2. The molecule has 1 unspecified atom stereocenters. The van der Waals surface area contributed by atoms with E-state index in [1.165, 1.54) is 25.7 Å². The molecule has 2 nitrogen and oxygen atoms in total. The third-order valence-corrected chi connectivity index (χ3v) is 8.80. The van der Waals surface area contributed by atoms with Crippen LogP contribution in [0.1, 0.15) is 130 Å². The molecule has 2 aromatic carbocycles. The Balaban J connectivity index is 2.03. The number of hydrogen-bond acceptors (Lipinski definition) is 3. The monoisotopic (exact) mass is 464 g/mol. The molecule has 3 rings (SSSR count). The molecule has 0 saturated carbocycles. The molecule has 1 atom stereocenters. The molecule has 0 saturated heterocycles. The van der Waals surface area contributed by atoms with Gasteiger partial charge >= 0.3 is 0 Å². The maximum absolute atomic E-state index is 13.8. The molecular weight excluding hydrogens is 424 g/mol. The van der Waals surface area contributed by atoms with Crippen LogP contribution in [0.2, 0.25) is 0 Å². The van der Waals surface area contributed by atoms with Crippen molar-refractivity contribution in [2.45, 2.75) is 108 Å². The summed E-state index contributed by atoms with van der Waals surface area (Å²) in [4.78, 5) is 28.5. The van der Waals surface area contributed by atoms with Gasteiger partial charge in [-0.05, 0) is 36.3 Å². The normalized spacial score (nSPS) is 15.2. The molecule has 178 valence electrons. The Morgan fingerprint density at radius 3 is 2.00 bits per heavy atom. The van der Waals surface area contributed by atoms with Crippen molar-refractivity contribution in [2.24, 2.45) is 0 Å². The van der Waals surface area contributed by atoms with E-state index in [0.717, 1.165) is 36.1 Å². The van der Waals surface area contributed by atoms with Gasteiger partial charge in [0.2, 0.25) is 0 Å². The Kier molecular flexibility index (Phi) is 8.26. The second kappa shape index (κ2) is 10.6. The molecule has 0 aliphatic heterocycles. The zero-order chi connectivity index (χ0) is 24.2. The molecule has 1 aliphatic rings. The molecule has 0 bridgehead atoms. The van der Waals surface area contributed by atoms with E-state index in [-0.39, 0.29) is 21.7 Å². The quantitative estimate of drug-likeness (QED) is 0.210. The highest BCUT2D eigenvalue weighted by molar-refractivity contribution is 8.00. The van der Waals surface area contributed by atoms with Crippen LogP contribution in [0, 0.1) is 0 Å². The number of fused-ring (bicyclic) bond motifs is 2. The minimum atomic E-state index is -0.163. The molecule has 1 aliphatic carbocycles. The third kappa shape index (κ3) is 5.29. The van der Waals surface area contributed by atoms with Gasteiger partial charge in [0.1, 0.15) is 0 Å². The number of rotatable bonds is 11. The predicted octanol–water partition coefficient (Wildman–Crippen LogP) is 8.77. The summed E-state index contributed by atoms with van der Waals surface area (Å²) in [6.07, 6.45) is 9.20. The Morgan fingerprint density at radius 1 is 0.727 bits per heavy atom. The number of thioether (sulfide) groups is 1. The zero-order valence-corrected chi connectivity index (χ0v) is 22.2. The van der Waals surface area contributed by atoms with Crippen molar-refractivity contribution in [1.82, 2.24) is 0 Å². The van der Waals surface area contributed by atoms with Gasteiger partial charge in [-0.25, -0.2) is 0 Å². The topological polar surface area (TPSA) is 34.1 Å². The first-order chi connectivity index (χ1) is 15.7. The van der Waals surface area contributed by atoms with Crippen LogP contribution in [0.3, 0.4) is 0 Å². The molecule has 0 aromatic heterocycles. The van der Waals surface area contributed by atoms with Gasteiger partial charge in [-0.2, -0.15) is 0 Å². The van der Waals surface area contributed by atoms with E-state index in [1.807, 2.05) is 48.2 Å². The molecule has 3 heteroatoms. The Bertz CT molecular complexity index is 1020. The van der Waals surface area contributed by atoms with Gasteiger partial charge < -0.3 is 0 Å². The van der Waals surface area contributed by atoms with Crippen LogP contribution < -0.4 is 0 Å². The lowest BCUT2D eigenvalue weighted by Crippen LogP contribution is -2.28. The molecule has 0 heterocycles. The second-order valence-electron chi connectivity index (χ2n) is 10.4. The summed E-state index contributed by atoms with van der Waals surface area (Å²) in [5.41, 5.74) is 3.18. The Hall–Kier alpha value is -1.87. The molecule has 2 aromatic rings. The SMILES string of the molecule is CCCCCCC(C)(CCC)Sc1cccc2c1C(=O)c1cccc(C(C)(C)CC)c1C2=O. The minimum Gasteiger partial charge on any atom is -0.289 e. The lowest BCUT2D eigenvalue weighted by molar-refractivity contribution is 0.0975. The highest BCUT2D eigenvalue weighted by atomic mass is 32.2. The van der Waals surface area contributed by atoms with Crippen molar-refractivity contribution in [3.8, 4) is 0 Å². The van der Waals surface area contributed by atoms with Gasteiger partial charge in [-0.3, -0.25) is 9.59 Å². The van der Waals surface area contributed by atoms with E-state index in [2.05, 4.69) is 41.5 Å². The van der Waals surface area contributed by atoms with E-state index >= 15 is 0 Å².